The van der Waals surface area contributed by atoms with Gasteiger partial charge in [0, 0.05) is 4.90 Å². The van der Waals surface area contributed by atoms with E-state index in [1.807, 2.05) is 0 Å². The fraction of sp³-hybridized carbons (Fsp3) is 0.0714. The lowest BCUT2D eigenvalue weighted by Crippen LogP contribution is -1.99. The van der Waals surface area contributed by atoms with Crippen LogP contribution in [0.4, 0.5) is 8.78 Å². The van der Waals surface area contributed by atoms with Gasteiger partial charge in [-0.3, -0.25) is 0 Å². The second kappa shape index (κ2) is 5.92. The Morgan fingerprint density at radius 3 is 2.55 bits per heavy atom. The Kier molecular flexibility index (Phi) is 4.24. The van der Waals surface area contributed by atoms with Gasteiger partial charge in [0.2, 0.25) is 0 Å². The number of hydrogen-bond acceptors (Lipinski definition) is 3. The summed E-state index contributed by atoms with van der Waals surface area (Å²) >= 11 is 0.837. The minimum atomic E-state index is -1.15. The van der Waals surface area contributed by atoms with Crippen molar-refractivity contribution in [1.29, 1.82) is 0 Å². The Morgan fingerprint density at radius 1 is 1.15 bits per heavy atom. The van der Waals surface area contributed by atoms with Gasteiger partial charge >= 0.3 is 5.97 Å². The van der Waals surface area contributed by atoms with E-state index in [-0.39, 0.29) is 15.4 Å². The van der Waals surface area contributed by atoms with Crippen LogP contribution in [0.15, 0.2) is 46.2 Å². The van der Waals surface area contributed by atoms with E-state index in [4.69, 9.17) is 9.84 Å². The zero-order valence-electron chi connectivity index (χ0n) is 10.4. The van der Waals surface area contributed by atoms with Gasteiger partial charge in [0.25, 0.3) is 0 Å². The van der Waals surface area contributed by atoms with Gasteiger partial charge in [0.05, 0.1) is 17.6 Å². The van der Waals surface area contributed by atoms with Gasteiger partial charge in [-0.1, -0.05) is 11.8 Å². The van der Waals surface area contributed by atoms with Crippen molar-refractivity contribution in [2.75, 3.05) is 7.11 Å². The Hall–Kier alpha value is -2.08. The highest BCUT2D eigenvalue weighted by Crippen LogP contribution is 2.35. The number of carboxylic acids is 1. The van der Waals surface area contributed by atoms with E-state index in [2.05, 4.69) is 0 Å². The molecule has 1 N–H and O–H groups in total. The molecule has 0 saturated heterocycles. The van der Waals surface area contributed by atoms with Crippen LogP contribution in [0.2, 0.25) is 0 Å². The maximum Gasteiger partial charge on any atom is 0.336 e. The molecule has 0 atom stereocenters. The number of ether oxygens (including phenoxy) is 1. The Balaban J connectivity index is 2.45. The number of aromatic carboxylic acids is 1. The zero-order chi connectivity index (χ0) is 14.7. The molecule has 0 aromatic heterocycles. The van der Waals surface area contributed by atoms with Gasteiger partial charge < -0.3 is 9.84 Å². The van der Waals surface area contributed by atoms with E-state index in [0.29, 0.717) is 5.75 Å². The average Bonchev–Trinajstić information content (AvgIpc) is 2.42. The van der Waals surface area contributed by atoms with Crippen LogP contribution in [0.3, 0.4) is 0 Å². The smallest absolute Gasteiger partial charge is 0.336 e. The van der Waals surface area contributed by atoms with Gasteiger partial charge in [-0.05, 0) is 36.4 Å². The van der Waals surface area contributed by atoms with Crippen molar-refractivity contribution >= 4 is 17.7 Å². The highest BCUT2D eigenvalue weighted by molar-refractivity contribution is 7.99. The molecule has 2 aromatic carbocycles. The van der Waals surface area contributed by atoms with Crippen molar-refractivity contribution < 1.29 is 23.4 Å². The molecule has 0 unspecified atom stereocenters. The van der Waals surface area contributed by atoms with Crippen molar-refractivity contribution in [2.24, 2.45) is 0 Å². The van der Waals surface area contributed by atoms with Crippen molar-refractivity contribution in [2.45, 2.75) is 9.79 Å². The van der Waals surface area contributed by atoms with Crippen LogP contribution in [0.5, 0.6) is 5.75 Å². The number of carboxylic acid groups (broad SMARTS) is 1. The largest absolute Gasteiger partial charge is 0.497 e. The minimum Gasteiger partial charge on any atom is -0.497 e. The van der Waals surface area contributed by atoms with Crippen LogP contribution < -0.4 is 4.74 Å². The van der Waals surface area contributed by atoms with Crippen LogP contribution in [0.1, 0.15) is 10.4 Å². The number of methoxy groups -OCH3 is 1. The third kappa shape index (κ3) is 3.08. The summed E-state index contributed by atoms with van der Waals surface area (Å²) in [4.78, 5) is 11.4. The summed E-state index contributed by atoms with van der Waals surface area (Å²) in [6.45, 7) is 0. The Morgan fingerprint density at radius 2 is 1.90 bits per heavy atom. The number of hydrogen-bond donors (Lipinski definition) is 1. The average molecular weight is 296 g/mol. The molecule has 2 aromatic rings. The molecular weight excluding hydrogens is 286 g/mol. The lowest BCUT2D eigenvalue weighted by Gasteiger charge is -2.09. The lowest BCUT2D eigenvalue weighted by atomic mass is 10.2. The van der Waals surface area contributed by atoms with Crippen LogP contribution in [-0.4, -0.2) is 18.2 Å². The van der Waals surface area contributed by atoms with Crippen LogP contribution >= 0.6 is 11.8 Å². The summed E-state index contributed by atoms with van der Waals surface area (Å²) in [5.74, 6) is -1.91. The molecule has 0 aliphatic carbocycles. The molecule has 0 spiro atoms. The highest BCUT2D eigenvalue weighted by Gasteiger charge is 2.14. The molecule has 6 heteroatoms. The standard InChI is InChI=1S/C14H10F2O3S/c1-19-9-3-4-10(14(17)18)12(7-9)20-13-6-8(15)2-5-11(13)16/h2-7H,1H3,(H,17,18). The van der Waals surface area contributed by atoms with Crippen molar-refractivity contribution in [3.05, 3.63) is 53.6 Å². The van der Waals surface area contributed by atoms with Gasteiger partial charge in [-0.25, -0.2) is 13.6 Å². The molecule has 0 fully saturated rings. The van der Waals surface area contributed by atoms with Crippen molar-refractivity contribution in [1.82, 2.24) is 0 Å². The lowest BCUT2D eigenvalue weighted by molar-refractivity contribution is 0.0693. The topological polar surface area (TPSA) is 46.5 Å². The molecule has 20 heavy (non-hydrogen) atoms. The van der Waals surface area contributed by atoms with Crippen LogP contribution in [0.25, 0.3) is 0 Å². The van der Waals surface area contributed by atoms with Crippen molar-refractivity contribution in [3.8, 4) is 5.75 Å². The van der Waals surface area contributed by atoms with Crippen molar-refractivity contribution in [3.63, 3.8) is 0 Å². The van der Waals surface area contributed by atoms with Crippen LogP contribution in [-0.2, 0) is 0 Å². The SMILES string of the molecule is COc1ccc(C(=O)O)c(Sc2cc(F)ccc2F)c1. The molecule has 0 bridgehead atoms. The molecule has 0 aliphatic rings. The number of rotatable bonds is 4. The summed E-state index contributed by atoms with van der Waals surface area (Å²) in [5, 5.41) is 9.11. The maximum atomic E-state index is 13.6. The molecule has 104 valence electrons. The van der Waals surface area contributed by atoms with Gasteiger partial charge in [0.15, 0.2) is 0 Å². The first-order chi connectivity index (χ1) is 9.51. The second-order valence-corrected chi connectivity index (χ2v) is 4.93. The first kappa shape index (κ1) is 14.3. The predicted octanol–water partition coefficient (Wildman–Crippen LogP) is 3.82. The molecule has 2 rings (SSSR count). The molecule has 0 saturated carbocycles. The van der Waals surface area contributed by atoms with E-state index in [1.54, 1.807) is 0 Å². The fourth-order valence-electron chi connectivity index (χ4n) is 1.56. The van der Waals surface area contributed by atoms with Gasteiger partial charge in [0.1, 0.15) is 17.4 Å². The number of carbonyl (C=O) groups is 1. The summed E-state index contributed by atoms with van der Waals surface area (Å²) < 4.78 is 31.7. The van der Waals surface area contributed by atoms with E-state index in [0.717, 1.165) is 30.0 Å². The maximum absolute atomic E-state index is 13.6. The summed E-state index contributed by atoms with van der Waals surface area (Å²) in [7, 11) is 1.44. The Bertz CT molecular complexity index is 659. The van der Waals surface area contributed by atoms with E-state index in [1.165, 1.54) is 25.3 Å². The van der Waals surface area contributed by atoms with E-state index >= 15 is 0 Å². The summed E-state index contributed by atoms with van der Waals surface area (Å²) in [5.41, 5.74) is -0.000499. The number of benzene rings is 2. The summed E-state index contributed by atoms with van der Waals surface area (Å²) in [6, 6.07) is 7.35. The normalized spacial score (nSPS) is 10.3. The van der Waals surface area contributed by atoms with Gasteiger partial charge in [-0.2, -0.15) is 0 Å². The predicted molar refractivity (Wildman–Crippen MR) is 70.4 cm³/mol. The quantitative estimate of drug-likeness (QED) is 0.931. The fourth-order valence-corrected chi connectivity index (χ4v) is 2.58. The molecule has 3 nitrogen and oxygen atoms in total. The van der Waals surface area contributed by atoms with Crippen LogP contribution in [0, 0.1) is 11.6 Å². The molecular formula is C14H10F2O3S. The third-order valence-electron chi connectivity index (χ3n) is 2.53. The first-order valence-electron chi connectivity index (χ1n) is 5.55. The molecule has 0 radical (unpaired) electrons. The van der Waals surface area contributed by atoms with E-state index < -0.39 is 17.6 Å². The zero-order valence-corrected chi connectivity index (χ0v) is 11.2. The number of halogens is 2. The van der Waals surface area contributed by atoms with E-state index in [9.17, 15) is 13.6 Å². The third-order valence-corrected chi connectivity index (χ3v) is 3.62. The van der Waals surface area contributed by atoms with Gasteiger partial charge in [-0.15, -0.1) is 0 Å². The summed E-state index contributed by atoms with van der Waals surface area (Å²) in [6.07, 6.45) is 0. The monoisotopic (exact) mass is 296 g/mol. The molecule has 0 amide bonds. The molecule has 0 heterocycles. The second-order valence-electron chi connectivity index (χ2n) is 3.84. The Labute approximate surface area is 118 Å². The minimum absolute atomic E-state index is 0.000499. The first-order valence-corrected chi connectivity index (χ1v) is 6.37. The molecule has 0 aliphatic heterocycles. The highest BCUT2D eigenvalue weighted by atomic mass is 32.2.